The molecule has 0 aromatic carbocycles. The molecule has 1 heterocycles. The quantitative estimate of drug-likeness (QED) is 0.798. The van der Waals surface area contributed by atoms with Gasteiger partial charge < -0.3 is 4.90 Å². The molecule has 0 spiro atoms. The highest BCUT2D eigenvalue weighted by molar-refractivity contribution is 5.93. The molecule has 0 radical (unpaired) electrons. The van der Waals surface area contributed by atoms with Crippen molar-refractivity contribution in [3.63, 3.8) is 0 Å². The van der Waals surface area contributed by atoms with Crippen molar-refractivity contribution in [1.29, 1.82) is 5.26 Å². The molecule has 1 aromatic heterocycles. The van der Waals surface area contributed by atoms with Crippen molar-refractivity contribution >= 4 is 5.91 Å². The average molecular weight is 234 g/mol. The van der Waals surface area contributed by atoms with E-state index in [4.69, 9.17) is 5.26 Å². The van der Waals surface area contributed by atoms with Gasteiger partial charge in [-0.25, -0.2) is 0 Å². The van der Waals surface area contributed by atoms with E-state index in [-0.39, 0.29) is 11.4 Å². The molecular weight excluding hydrogens is 216 g/mol. The highest BCUT2D eigenvalue weighted by Crippen LogP contribution is 2.14. The number of carbonyl (C=O) groups is 1. The van der Waals surface area contributed by atoms with Gasteiger partial charge in [0.15, 0.2) is 0 Å². The smallest absolute Gasteiger partial charge is 0.256 e. The predicted octanol–water partition coefficient (Wildman–Crippen LogP) is 1.62. The summed E-state index contributed by atoms with van der Waals surface area (Å²) in [4.78, 5) is 13.5. The SMILES string of the molecule is CN(CCC#N)C(=O)c1cnn(C(C)(C)C)c1. The standard InChI is InChI=1S/C12H18N4O/c1-12(2,3)16-9-10(8-14-16)11(17)15(4)7-5-6-13/h8-9H,5,7H2,1-4H3. The second-order valence-electron chi connectivity index (χ2n) is 4.98. The maximum Gasteiger partial charge on any atom is 0.256 e. The van der Waals surface area contributed by atoms with Gasteiger partial charge in [0.1, 0.15) is 0 Å². The van der Waals surface area contributed by atoms with Crippen LogP contribution in [0.25, 0.3) is 0 Å². The maximum absolute atomic E-state index is 12.0. The van der Waals surface area contributed by atoms with Crippen molar-refractivity contribution in [3.05, 3.63) is 18.0 Å². The topological polar surface area (TPSA) is 61.9 Å². The van der Waals surface area contributed by atoms with Gasteiger partial charge in [-0.3, -0.25) is 9.48 Å². The highest BCUT2D eigenvalue weighted by atomic mass is 16.2. The first kappa shape index (κ1) is 13.2. The van der Waals surface area contributed by atoms with Crippen LogP contribution in [0.15, 0.2) is 12.4 Å². The van der Waals surface area contributed by atoms with Crippen molar-refractivity contribution in [2.24, 2.45) is 0 Å². The summed E-state index contributed by atoms with van der Waals surface area (Å²) >= 11 is 0. The van der Waals surface area contributed by atoms with Crippen molar-refractivity contribution in [1.82, 2.24) is 14.7 Å². The Morgan fingerprint density at radius 1 is 1.59 bits per heavy atom. The molecule has 0 aliphatic carbocycles. The summed E-state index contributed by atoms with van der Waals surface area (Å²) in [7, 11) is 1.69. The first-order valence-electron chi connectivity index (χ1n) is 5.54. The van der Waals surface area contributed by atoms with Crippen LogP contribution in [0.3, 0.4) is 0 Å². The number of rotatable bonds is 3. The number of aromatic nitrogens is 2. The van der Waals surface area contributed by atoms with Crippen molar-refractivity contribution in [2.75, 3.05) is 13.6 Å². The summed E-state index contributed by atoms with van der Waals surface area (Å²) in [5.41, 5.74) is 0.421. The van der Waals surface area contributed by atoms with E-state index in [1.54, 1.807) is 24.1 Å². The van der Waals surface area contributed by atoms with Gasteiger partial charge in [-0.05, 0) is 20.8 Å². The van der Waals surface area contributed by atoms with Crippen LogP contribution in [-0.4, -0.2) is 34.2 Å². The van der Waals surface area contributed by atoms with Crippen LogP contribution in [0.4, 0.5) is 0 Å². The van der Waals surface area contributed by atoms with E-state index in [1.807, 2.05) is 26.8 Å². The van der Waals surface area contributed by atoms with Crippen LogP contribution in [-0.2, 0) is 5.54 Å². The minimum atomic E-state index is -0.135. The molecule has 0 bridgehead atoms. The Morgan fingerprint density at radius 3 is 2.71 bits per heavy atom. The van der Waals surface area contributed by atoms with E-state index in [0.717, 1.165) is 0 Å². The number of nitrogens with zero attached hydrogens (tertiary/aromatic N) is 4. The largest absolute Gasteiger partial charge is 0.341 e. The van der Waals surface area contributed by atoms with Crippen LogP contribution in [0.1, 0.15) is 37.6 Å². The monoisotopic (exact) mass is 234 g/mol. The molecule has 0 unspecified atom stereocenters. The average Bonchev–Trinajstić information content (AvgIpc) is 2.73. The van der Waals surface area contributed by atoms with Crippen LogP contribution in [0.5, 0.6) is 0 Å². The Bertz CT molecular complexity index is 436. The van der Waals surface area contributed by atoms with Gasteiger partial charge in [0.05, 0.1) is 29.8 Å². The van der Waals surface area contributed by atoms with E-state index < -0.39 is 0 Å². The predicted molar refractivity (Wildman–Crippen MR) is 64.4 cm³/mol. The molecule has 1 rings (SSSR count). The van der Waals surface area contributed by atoms with E-state index in [2.05, 4.69) is 5.10 Å². The zero-order valence-electron chi connectivity index (χ0n) is 10.8. The van der Waals surface area contributed by atoms with E-state index >= 15 is 0 Å². The summed E-state index contributed by atoms with van der Waals surface area (Å²) in [6, 6.07) is 2.02. The molecule has 0 atom stereocenters. The van der Waals surface area contributed by atoms with Gasteiger partial charge in [-0.1, -0.05) is 0 Å². The Kier molecular flexibility index (Phi) is 3.89. The summed E-state index contributed by atoms with van der Waals surface area (Å²) in [5, 5.41) is 12.6. The first-order chi connectivity index (χ1) is 7.86. The van der Waals surface area contributed by atoms with Gasteiger partial charge >= 0.3 is 0 Å². The molecule has 92 valence electrons. The Morgan fingerprint density at radius 2 is 2.24 bits per heavy atom. The van der Waals surface area contributed by atoms with E-state index in [0.29, 0.717) is 18.5 Å². The molecule has 17 heavy (non-hydrogen) atoms. The normalized spacial score (nSPS) is 11.0. The minimum absolute atomic E-state index is 0.101. The number of nitriles is 1. The zero-order valence-corrected chi connectivity index (χ0v) is 10.8. The Balaban J connectivity index is 2.77. The van der Waals surface area contributed by atoms with Gasteiger partial charge in [-0.2, -0.15) is 10.4 Å². The number of carbonyl (C=O) groups excluding carboxylic acids is 1. The number of hydrogen-bond acceptors (Lipinski definition) is 3. The third-order valence-corrected chi connectivity index (χ3v) is 2.42. The van der Waals surface area contributed by atoms with Crippen molar-refractivity contribution in [3.8, 4) is 6.07 Å². The van der Waals surface area contributed by atoms with Crippen LogP contribution in [0.2, 0.25) is 0 Å². The molecule has 0 aliphatic heterocycles. The molecule has 1 aromatic rings. The second kappa shape index (κ2) is 5.00. The highest BCUT2D eigenvalue weighted by Gasteiger charge is 2.18. The lowest BCUT2D eigenvalue weighted by Crippen LogP contribution is -2.27. The summed E-state index contributed by atoms with van der Waals surface area (Å²) in [6.45, 7) is 6.50. The second-order valence-corrected chi connectivity index (χ2v) is 4.98. The van der Waals surface area contributed by atoms with Gasteiger partial charge in [-0.15, -0.1) is 0 Å². The first-order valence-corrected chi connectivity index (χ1v) is 5.54. The molecule has 0 N–H and O–H groups in total. The molecule has 1 amide bonds. The van der Waals surface area contributed by atoms with Gasteiger partial charge in [0.2, 0.25) is 0 Å². The molecular formula is C12H18N4O. The Hall–Kier alpha value is -1.83. The number of amides is 1. The Labute approximate surface area is 102 Å². The number of hydrogen-bond donors (Lipinski definition) is 0. The fraction of sp³-hybridized carbons (Fsp3) is 0.583. The lowest BCUT2D eigenvalue weighted by atomic mass is 10.1. The van der Waals surface area contributed by atoms with E-state index in [9.17, 15) is 4.79 Å². The van der Waals surface area contributed by atoms with Gasteiger partial charge in [0, 0.05) is 19.8 Å². The van der Waals surface area contributed by atoms with Crippen molar-refractivity contribution < 1.29 is 4.79 Å². The fourth-order valence-electron chi connectivity index (χ4n) is 1.34. The molecule has 0 saturated heterocycles. The van der Waals surface area contributed by atoms with E-state index in [1.165, 1.54) is 4.90 Å². The third-order valence-electron chi connectivity index (χ3n) is 2.42. The summed E-state index contributed by atoms with van der Waals surface area (Å²) < 4.78 is 1.76. The minimum Gasteiger partial charge on any atom is -0.341 e. The summed E-state index contributed by atoms with van der Waals surface area (Å²) in [6.07, 6.45) is 3.65. The lowest BCUT2D eigenvalue weighted by Gasteiger charge is -2.19. The van der Waals surface area contributed by atoms with Crippen LogP contribution < -0.4 is 0 Å². The van der Waals surface area contributed by atoms with Crippen LogP contribution in [0, 0.1) is 11.3 Å². The molecule has 0 saturated carbocycles. The van der Waals surface area contributed by atoms with Crippen LogP contribution >= 0.6 is 0 Å². The van der Waals surface area contributed by atoms with Gasteiger partial charge in [0.25, 0.3) is 5.91 Å². The lowest BCUT2D eigenvalue weighted by molar-refractivity contribution is 0.0798. The molecule has 0 fully saturated rings. The van der Waals surface area contributed by atoms with Crippen molar-refractivity contribution in [2.45, 2.75) is 32.7 Å². The fourth-order valence-corrected chi connectivity index (χ4v) is 1.34. The third kappa shape index (κ3) is 3.31. The molecule has 5 heteroatoms. The maximum atomic E-state index is 12.0. The zero-order chi connectivity index (χ0) is 13.1. The molecule has 0 aliphatic rings. The molecule has 5 nitrogen and oxygen atoms in total. The summed E-state index contributed by atoms with van der Waals surface area (Å²) in [5.74, 6) is -0.101.